The number of hydrogen-bond acceptors (Lipinski definition) is 5. The Morgan fingerprint density at radius 3 is 2.41 bits per heavy atom. The summed E-state index contributed by atoms with van der Waals surface area (Å²) < 4.78 is 25.8. The van der Waals surface area contributed by atoms with Crippen LogP contribution in [0.4, 0.5) is 5.69 Å². The van der Waals surface area contributed by atoms with Gasteiger partial charge in [-0.1, -0.05) is 23.2 Å². The molecular formula is C7H5Cl2N5O2S. The van der Waals surface area contributed by atoms with Gasteiger partial charge in [-0.2, -0.15) is 8.42 Å². The van der Waals surface area contributed by atoms with Crippen LogP contribution in [0, 0.1) is 0 Å². The van der Waals surface area contributed by atoms with Gasteiger partial charge < -0.3 is 4.98 Å². The van der Waals surface area contributed by atoms with Crippen molar-refractivity contribution in [1.82, 2.24) is 19.9 Å². The highest BCUT2D eigenvalue weighted by Gasteiger charge is 2.19. The predicted octanol–water partition coefficient (Wildman–Crippen LogP) is 1.31. The molecule has 10 heteroatoms. The van der Waals surface area contributed by atoms with Gasteiger partial charge in [0.25, 0.3) is 10.0 Å². The number of nitrogens with zero attached hydrogens (tertiary/aromatic N) is 3. The Bertz CT molecular complexity index is 607. The van der Waals surface area contributed by atoms with Crippen LogP contribution < -0.4 is 4.72 Å². The van der Waals surface area contributed by atoms with E-state index in [0.29, 0.717) is 0 Å². The number of nitrogens with one attached hydrogen (secondary N) is 2. The van der Waals surface area contributed by atoms with Crippen molar-refractivity contribution in [3.63, 3.8) is 0 Å². The van der Waals surface area contributed by atoms with E-state index in [4.69, 9.17) is 23.2 Å². The Morgan fingerprint density at radius 2 is 1.88 bits per heavy atom. The third kappa shape index (κ3) is 2.48. The fourth-order valence-electron chi connectivity index (χ4n) is 1.01. The van der Waals surface area contributed by atoms with Gasteiger partial charge >= 0.3 is 0 Å². The number of rotatable bonds is 3. The summed E-state index contributed by atoms with van der Waals surface area (Å²) >= 11 is 11.4. The molecule has 0 spiro atoms. The van der Waals surface area contributed by atoms with Crippen molar-refractivity contribution in [3.05, 3.63) is 29.2 Å². The molecule has 2 aromatic rings. The van der Waals surface area contributed by atoms with Crippen LogP contribution >= 0.6 is 23.2 Å². The molecule has 0 fully saturated rings. The van der Waals surface area contributed by atoms with Crippen molar-refractivity contribution in [1.29, 1.82) is 0 Å². The summed E-state index contributed by atoms with van der Waals surface area (Å²) in [5.41, 5.74) is -0.0783. The minimum absolute atomic E-state index is 0.0783. The monoisotopic (exact) mass is 293 g/mol. The number of aromatic amines is 1. The molecule has 0 saturated heterocycles. The fraction of sp³-hybridized carbons (Fsp3) is 0. The maximum atomic E-state index is 11.8. The molecule has 2 N–H and O–H groups in total. The van der Waals surface area contributed by atoms with E-state index in [2.05, 4.69) is 24.7 Å². The molecule has 0 aromatic carbocycles. The smallest absolute Gasteiger partial charge is 0.279 e. The molecule has 7 nitrogen and oxygen atoms in total. The molecule has 0 aliphatic carbocycles. The van der Waals surface area contributed by atoms with E-state index in [-0.39, 0.29) is 21.0 Å². The van der Waals surface area contributed by atoms with Gasteiger partial charge in [0.1, 0.15) is 12.0 Å². The Hall–Kier alpha value is -1.38. The number of imidazole rings is 1. The lowest BCUT2D eigenvalue weighted by Gasteiger charge is -2.07. The van der Waals surface area contributed by atoms with Crippen LogP contribution in [0.15, 0.2) is 23.9 Å². The Labute approximate surface area is 106 Å². The molecule has 0 amide bonds. The first-order valence-corrected chi connectivity index (χ1v) is 6.42. The standard InChI is InChI=1S/C7H5Cl2N5O2S/c8-6-5(7(9)13-3-12-6)14-17(15,16)4-1-10-2-11-4/h1-3,14H,(H,10,11). The van der Waals surface area contributed by atoms with Gasteiger partial charge in [-0.25, -0.2) is 15.0 Å². The van der Waals surface area contributed by atoms with Crippen molar-refractivity contribution in [2.45, 2.75) is 5.03 Å². The van der Waals surface area contributed by atoms with Gasteiger partial charge in [0.2, 0.25) is 0 Å². The number of hydrogen-bond donors (Lipinski definition) is 2. The number of anilines is 1. The second-order valence-corrected chi connectivity index (χ2v) is 5.22. The maximum Gasteiger partial charge on any atom is 0.279 e. The Balaban J connectivity index is 2.40. The number of aromatic nitrogens is 4. The molecule has 0 bridgehead atoms. The van der Waals surface area contributed by atoms with Crippen LogP contribution in [-0.2, 0) is 10.0 Å². The normalized spacial score (nSPS) is 11.4. The summed E-state index contributed by atoms with van der Waals surface area (Å²) in [5.74, 6) is 0. The van der Waals surface area contributed by atoms with Crippen molar-refractivity contribution < 1.29 is 8.42 Å². The second kappa shape index (κ2) is 4.47. The fourth-order valence-corrected chi connectivity index (χ4v) is 2.51. The zero-order valence-corrected chi connectivity index (χ0v) is 10.4. The van der Waals surface area contributed by atoms with Gasteiger partial charge in [-0.05, 0) is 0 Å². The van der Waals surface area contributed by atoms with E-state index in [1.807, 2.05) is 0 Å². The maximum absolute atomic E-state index is 11.8. The van der Waals surface area contributed by atoms with E-state index in [0.717, 1.165) is 12.5 Å². The summed E-state index contributed by atoms with van der Waals surface area (Å²) in [7, 11) is -3.83. The minimum atomic E-state index is -3.83. The largest absolute Gasteiger partial charge is 0.334 e. The number of H-pyrrole nitrogens is 1. The Morgan fingerprint density at radius 1 is 1.24 bits per heavy atom. The first-order valence-electron chi connectivity index (χ1n) is 4.18. The van der Waals surface area contributed by atoms with Crippen LogP contribution in [0.25, 0.3) is 0 Å². The van der Waals surface area contributed by atoms with Gasteiger partial charge in [0.05, 0.1) is 12.5 Å². The van der Waals surface area contributed by atoms with Crippen LogP contribution in [0.5, 0.6) is 0 Å². The van der Waals surface area contributed by atoms with E-state index in [1.165, 1.54) is 6.33 Å². The Kier molecular flexibility index (Phi) is 3.18. The van der Waals surface area contributed by atoms with Gasteiger partial charge in [0, 0.05) is 0 Å². The molecule has 2 heterocycles. The van der Waals surface area contributed by atoms with Crippen molar-refractivity contribution in [3.8, 4) is 0 Å². The van der Waals surface area contributed by atoms with E-state index >= 15 is 0 Å². The SMILES string of the molecule is O=S(=O)(Nc1c(Cl)ncnc1Cl)c1cnc[nH]1. The third-order valence-electron chi connectivity index (χ3n) is 1.75. The van der Waals surface area contributed by atoms with E-state index in [9.17, 15) is 8.42 Å². The molecule has 0 unspecified atom stereocenters. The van der Waals surface area contributed by atoms with Crippen LogP contribution in [0.1, 0.15) is 0 Å². The van der Waals surface area contributed by atoms with Crippen molar-refractivity contribution in [2.75, 3.05) is 4.72 Å². The minimum Gasteiger partial charge on any atom is -0.334 e. The average Bonchev–Trinajstić information content (AvgIpc) is 2.77. The molecule has 2 rings (SSSR count). The molecule has 17 heavy (non-hydrogen) atoms. The molecular weight excluding hydrogens is 289 g/mol. The van der Waals surface area contributed by atoms with Gasteiger partial charge in [-0.3, -0.25) is 4.72 Å². The highest BCUT2D eigenvalue weighted by atomic mass is 35.5. The number of halogens is 2. The lowest BCUT2D eigenvalue weighted by atomic mass is 10.6. The summed E-state index contributed by atoms with van der Waals surface area (Å²) in [6.07, 6.45) is 3.51. The topological polar surface area (TPSA) is 101 Å². The molecule has 90 valence electrons. The molecule has 0 saturated carbocycles. The molecule has 0 radical (unpaired) electrons. The van der Waals surface area contributed by atoms with Crippen LogP contribution in [-0.4, -0.2) is 28.4 Å². The quantitative estimate of drug-likeness (QED) is 0.831. The van der Waals surface area contributed by atoms with Gasteiger partial charge in [-0.15, -0.1) is 0 Å². The molecule has 0 aliphatic heterocycles. The first-order chi connectivity index (χ1) is 8.00. The highest BCUT2D eigenvalue weighted by Crippen LogP contribution is 2.27. The zero-order chi connectivity index (χ0) is 12.5. The van der Waals surface area contributed by atoms with Crippen LogP contribution in [0.3, 0.4) is 0 Å². The van der Waals surface area contributed by atoms with E-state index in [1.54, 1.807) is 0 Å². The van der Waals surface area contributed by atoms with E-state index < -0.39 is 10.0 Å². The molecule has 2 aromatic heterocycles. The zero-order valence-electron chi connectivity index (χ0n) is 8.05. The summed E-state index contributed by atoms with van der Waals surface area (Å²) in [5, 5.41) is -0.297. The lowest BCUT2D eigenvalue weighted by Crippen LogP contribution is -2.14. The lowest BCUT2D eigenvalue weighted by molar-refractivity contribution is 0.598. The third-order valence-corrected chi connectivity index (χ3v) is 3.60. The number of sulfonamides is 1. The molecule has 0 atom stereocenters. The molecule has 0 aliphatic rings. The van der Waals surface area contributed by atoms with Crippen molar-refractivity contribution >= 4 is 38.9 Å². The van der Waals surface area contributed by atoms with Gasteiger partial charge in [0.15, 0.2) is 15.3 Å². The summed E-state index contributed by atoms with van der Waals surface area (Å²) in [6, 6.07) is 0. The van der Waals surface area contributed by atoms with Crippen molar-refractivity contribution in [2.24, 2.45) is 0 Å². The summed E-state index contributed by atoms with van der Waals surface area (Å²) in [6.45, 7) is 0. The van der Waals surface area contributed by atoms with Crippen LogP contribution in [0.2, 0.25) is 10.3 Å². The summed E-state index contributed by atoms with van der Waals surface area (Å²) in [4.78, 5) is 13.3. The first kappa shape index (κ1) is 12.1. The second-order valence-electron chi connectivity index (χ2n) is 2.85. The highest BCUT2D eigenvalue weighted by molar-refractivity contribution is 7.92. The average molecular weight is 294 g/mol. The predicted molar refractivity (Wildman–Crippen MR) is 61.4 cm³/mol.